The van der Waals surface area contributed by atoms with E-state index < -0.39 is 5.97 Å². The zero-order valence-corrected chi connectivity index (χ0v) is 7.90. The van der Waals surface area contributed by atoms with E-state index in [4.69, 9.17) is 5.11 Å². The number of carbonyl (C=O) groups is 1. The van der Waals surface area contributed by atoms with Crippen LogP contribution in [-0.2, 0) is 11.2 Å². The van der Waals surface area contributed by atoms with Gasteiger partial charge < -0.3 is 9.51 Å². The van der Waals surface area contributed by atoms with Crippen molar-refractivity contribution in [3.63, 3.8) is 0 Å². The second-order valence-electron chi connectivity index (χ2n) is 3.34. The minimum atomic E-state index is -0.794. The maximum Gasteiger partial charge on any atom is 0.309 e. The molecule has 0 unspecified atom stereocenters. The van der Waals surface area contributed by atoms with Crippen molar-refractivity contribution in [2.24, 2.45) is 0 Å². The zero-order valence-electron chi connectivity index (χ0n) is 7.90. The predicted molar refractivity (Wildman–Crippen MR) is 53.5 cm³/mol. The molecule has 0 saturated heterocycles. The van der Waals surface area contributed by atoms with Gasteiger partial charge in [0.2, 0.25) is 0 Å². The van der Waals surface area contributed by atoms with E-state index in [0.29, 0.717) is 0 Å². The van der Waals surface area contributed by atoms with Gasteiger partial charge >= 0.3 is 5.97 Å². The van der Waals surface area contributed by atoms with E-state index in [1.165, 1.54) is 0 Å². The Kier molecular flexibility index (Phi) is 2.00. The third kappa shape index (κ3) is 1.37. The monoisotopic (exact) mass is 189 g/mol. The summed E-state index contributed by atoms with van der Waals surface area (Å²) in [6.45, 7) is 1.94. The molecule has 0 amide bonds. The molecule has 0 aromatic carbocycles. The van der Waals surface area contributed by atoms with Gasteiger partial charge in [-0.05, 0) is 30.7 Å². The first-order valence-electron chi connectivity index (χ1n) is 4.46. The molecule has 3 heteroatoms. The van der Waals surface area contributed by atoms with Crippen molar-refractivity contribution in [2.45, 2.75) is 13.3 Å². The maximum absolute atomic E-state index is 10.6. The fourth-order valence-electron chi connectivity index (χ4n) is 1.68. The molecule has 2 aromatic rings. The van der Waals surface area contributed by atoms with Crippen molar-refractivity contribution in [3.8, 4) is 0 Å². The van der Waals surface area contributed by atoms with E-state index in [0.717, 1.165) is 16.8 Å². The van der Waals surface area contributed by atoms with Crippen LogP contribution in [0.3, 0.4) is 0 Å². The Balaban J connectivity index is 2.62. The van der Waals surface area contributed by atoms with Crippen molar-refractivity contribution in [3.05, 3.63) is 41.7 Å². The minimum absolute atomic E-state index is 0.0734. The number of aromatic nitrogens is 1. The van der Waals surface area contributed by atoms with E-state index >= 15 is 0 Å². The lowest BCUT2D eigenvalue weighted by Crippen LogP contribution is -2.04. The maximum atomic E-state index is 10.6. The zero-order chi connectivity index (χ0) is 10.1. The van der Waals surface area contributed by atoms with Gasteiger partial charge in [0.05, 0.1) is 6.42 Å². The molecule has 0 aliphatic carbocycles. The number of carboxylic acid groups (broad SMARTS) is 1. The van der Waals surface area contributed by atoms with Gasteiger partial charge in [0, 0.05) is 17.4 Å². The lowest BCUT2D eigenvalue weighted by molar-refractivity contribution is -0.136. The van der Waals surface area contributed by atoms with Gasteiger partial charge in [-0.3, -0.25) is 4.79 Å². The van der Waals surface area contributed by atoms with Crippen LogP contribution in [0.4, 0.5) is 0 Å². The number of hydrogen-bond acceptors (Lipinski definition) is 1. The summed E-state index contributed by atoms with van der Waals surface area (Å²) in [6, 6.07) is 7.81. The highest BCUT2D eigenvalue weighted by molar-refractivity contribution is 5.71. The number of aryl methyl sites for hydroxylation is 1. The van der Waals surface area contributed by atoms with Gasteiger partial charge in [-0.25, -0.2) is 0 Å². The molecule has 0 saturated carbocycles. The Labute approximate surface area is 81.6 Å². The van der Waals surface area contributed by atoms with Crippen molar-refractivity contribution in [1.82, 2.24) is 4.40 Å². The van der Waals surface area contributed by atoms with Crippen LogP contribution in [-0.4, -0.2) is 15.5 Å². The molecule has 1 N–H and O–H groups in total. The second kappa shape index (κ2) is 3.18. The lowest BCUT2D eigenvalue weighted by Gasteiger charge is -2.00. The smallest absolute Gasteiger partial charge is 0.309 e. The molecule has 3 nitrogen and oxygen atoms in total. The highest BCUT2D eigenvalue weighted by atomic mass is 16.4. The van der Waals surface area contributed by atoms with E-state index in [9.17, 15) is 4.79 Å². The molecule has 0 aliphatic heterocycles. The first-order chi connectivity index (χ1) is 6.68. The SMILES string of the molecule is Cc1cc2ccccn2c1CC(=O)O. The van der Waals surface area contributed by atoms with Crippen molar-refractivity contribution in [2.75, 3.05) is 0 Å². The summed E-state index contributed by atoms with van der Waals surface area (Å²) >= 11 is 0. The van der Waals surface area contributed by atoms with Crippen LogP contribution in [0.1, 0.15) is 11.3 Å². The van der Waals surface area contributed by atoms with E-state index in [-0.39, 0.29) is 6.42 Å². The van der Waals surface area contributed by atoms with Crippen LogP contribution >= 0.6 is 0 Å². The molecule has 0 aliphatic rings. The largest absolute Gasteiger partial charge is 0.481 e. The molecule has 0 radical (unpaired) electrons. The Bertz CT molecular complexity index is 485. The van der Waals surface area contributed by atoms with Crippen LogP contribution in [0.25, 0.3) is 5.52 Å². The number of hydrogen-bond donors (Lipinski definition) is 1. The standard InChI is InChI=1S/C11H11NO2/c1-8-6-9-4-2-3-5-12(9)10(8)7-11(13)14/h2-6H,7H2,1H3,(H,13,14). The molecular weight excluding hydrogens is 178 g/mol. The summed E-state index contributed by atoms with van der Waals surface area (Å²) < 4.78 is 1.92. The molecule has 0 spiro atoms. The number of nitrogens with zero attached hydrogens (tertiary/aromatic N) is 1. The Hall–Kier alpha value is -1.77. The van der Waals surface area contributed by atoms with Crippen LogP contribution in [0.5, 0.6) is 0 Å². The van der Waals surface area contributed by atoms with Crippen LogP contribution < -0.4 is 0 Å². The predicted octanol–water partition coefficient (Wildman–Crippen LogP) is 1.87. The quantitative estimate of drug-likeness (QED) is 0.783. The van der Waals surface area contributed by atoms with E-state index in [2.05, 4.69) is 0 Å². The highest BCUT2D eigenvalue weighted by Crippen LogP contribution is 2.15. The van der Waals surface area contributed by atoms with Gasteiger partial charge in [0.25, 0.3) is 0 Å². The Morgan fingerprint density at radius 3 is 3.00 bits per heavy atom. The Morgan fingerprint density at radius 2 is 2.29 bits per heavy atom. The third-order valence-corrected chi connectivity index (χ3v) is 2.32. The summed E-state index contributed by atoms with van der Waals surface area (Å²) in [7, 11) is 0. The van der Waals surface area contributed by atoms with Crippen molar-refractivity contribution >= 4 is 11.5 Å². The Morgan fingerprint density at radius 1 is 1.50 bits per heavy atom. The number of aliphatic carboxylic acids is 1. The summed E-state index contributed by atoms with van der Waals surface area (Å²) in [5.74, 6) is -0.794. The third-order valence-electron chi connectivity index (χ3n) is 2.32. The molecule has 14 heavy (non-hydrogen) atoms. The first kappa shape index (κ1) is 8.81. The molecular formula is C11H11NO2. The summed E-state index contributed by atoms with van der Waals surface area (Å²) in [5, 5.41) is 8.76. The molecule has 72 valence electrons. The van der Waals surface area contributed by atoms with E-state index in [1.54, 1.807) is 0 Å². The van der Waals surface area contributed by atoms with Gasteiger partial charge in [-0.1, -0.05) is 6.07 Å². The fourth-order valence-corrected chi connectivity index (χ4v) is 1.68. The molecule has 0 bridgehead atoms. The van der Waals surface area contributed by atoms with E-state index in [1.807, 2.05) is 41.8 Å². The molecule has 0 atom stereocenters. The van der Waals surface area contributed by atoms with Gasteiger partial charge in [-0.15, -0.1) is 0 Å². The average molecular weight is 189 g/mol. The minimum Gasteiger partial charge on any atom is -0.481 e. The van der Waals surface area contributed by atoms with Crippen molar-refractivity contribution < 1.29 is 9.90 Å². The summed E-state index contributed by atoms with van der Waals surface area (Å²) in [5.41, 5.74) is 2.92. The number of pyridine rings is 1. The molecule has 2 rings (SSSR count). The van der Waals surface area contributed by atoms with Crippen LogP contribution in [0, 0.1) is 6.92 Å². The molecule has 2 aromatic heterocycles. The van der Waals surface area contributed by atoms with Crippen LogP contribution in [0.2, 0.25) is 0 Å². The topological polar surface area (TPSA) is 41.7 Å². The summed E-state index contributed by atoms with van der Waals surface area (Å²) in [4.78, 5) is 10.6. The first-order valence-corrected chi connectivity index (χ1v) is 4.46. The highest BCUT2D eigenvalue weighted by Gasteiger charge is 2.09. The normalized spacial score (nSPS) is 10.6. The fraction of sp³-hybridized carbons (Fsp3) is 0.182. The van der Waals surface area contributed by atoms with Crippen molar-refractivity contribution in [1.29, 1.82) is 0 Å². The number of fused-ring (bicyclic) bond motifs is 1. The lowest BCUT2D eigenvalue weighted by atomic mass is 10.2. The van der Waals surface area contributed by atoms with Crippen LogP contribution in [0.15, 0.2) is 30.5 Å². The molecule has 2 heterocycles. The number of carboxylic acids is 1. The second-order valence-corrected chi connectivity index (χ2v) is 3.34. The van der Waals surface area contributed by atoms with Gasteiger partial charge in [0.1, 0.15) is 0 Å². The van der Waals surface area contributed by atoms with Gasteiger partial charge in [0.15, 0.2) is 0 Å². The van der Waals surface area contributed by atoms with Gasteiger partial charge in [-0.2, -0.15) is 0 Å². The average Bonchev–Trinajstić information content (AvgIpc) is 2.43. The number of rotatable bonds is 2. The molecule has 0 fully saturated rings. The summed E-state index contributed by atoms with van der Waals surface area (Å²) in [6.07, 6.45) is 1.96.